The fourth-order valence-corrected chi connectivity index (χ4v) is 2.58. The minimum absolute atomic E-state index is 0.158. The maximum atomic E-state index is 12.4. The van der Waals surface area contributed by atoms with E-state index in [1.165, 1.54) is 6.07 Å². The van der Waals surface area contributed by atoms with Crippen LogP contribution in [0.5, 0.6) is 0 Å². The molecule has 0 radical (unpaired) electrons. The Morgan fingerprint density at radius 3 is 2.27 bits per heavy atom. The van der Waals surface area contributed by atoms with E-state index in [0.717, 1.165) is 29.7 Å². The summed E-state index contributed by atoms with van der Waals surface area (Å²) in [6.45, 7) is 6.01. The van der Waals surface area contributed by atoms with Crippen LogP contribution in [0.2, 0.25) is 0 Å². The molecule has 0 atom stereocenters. The van der Waals surface area contributed by atoms with Crippen LogP contribution in [0.3, 0.4) is 0 Å². The van der Waals surface area contributed by atoms with Gasteiger partial charge in [-0.3, -0.25) is 0 Å². The van der Waals surface area contributed by atoms with Gasteiger partial charge in [0, 0.05) is 0 Å². The number of alkyl halides is 3. The molecule has 1 aromatic rings. The van der Waals surface area contributed by atoms with Crippen LogP contribution in [-0.2, 0) is 11.6 Å². The fraction of sp³-hybridized carbons (Fsp3) is 0.636. The average molecular weight is 236 g/mol. The predicted molar refractivity (Wildman–Crippen MR) is 57.3 cm³/mol. The van der Waals surface area contributed by atoms with E-state index >= 15 is 0 Å². The van der Waals surface area contributed by atoms with Gasteiger partial charge in [-0.25, -0.2) is 0 Å². The van der Waals surface area contributed by atoms with Crippen molar-refractivity contribution < 1.29 is 13.2 Å². The number of rotatable bonds is 3. The molecule has 0 aromatic carbocycles. The Bertz CT molecular complexity index is 323. The molecule has 15 heavy (non-hydrogen) atoms. The number of hydrogen-bond acceptors (Lipinski definition) is 1. The smallest absolute Gasteiger partial charge is 0.165 e. The second kappa shape index (κ2) is 4.16. The molecule has 0 aliphatic rings. The first-order chi connectivity index (χ1) is 6.77. The lowest BCUT2D eigenvalue weighted by atomic mass is 9.82. The van der Waals surface area contributed by atoms with Crippen molar-refractivity contribution in [3.63, 3.8) is 0 Å². The molecule has 0 spiro atoms. The van der Waals surface area contributed by atoms with Crippen molar-refractivity contribution >= 4 is 11.3 Å². The fourth-order valence-electron chi connectivity index (χ4n) is 1.61. The molecule has 0 bridgehead atoms. The van der Waals surface area contributed by atoms with Gasteiger partial charge < -0.3 is 0 Å². The molecule has 0 aliphatic heterocycles. The van der Waals surface area contributed by atoms with Gasteiger partial charge >= 0.3 is 6.18 Å². The highest BCUT2D eigenvalue weighted by molar-refractivity contribution is 7.10. The summed E-state index contributed by atoms with van der Waals surface area (Å²) in [5.74, 6) is 0. The van der Waals surface area contributed by atoms with E-state index in [2.05, 4.69) is 0 Å². The predicted octanol–water partition coefficient (Wildman–Crippen LogP) is 4.84. The molecule has 0 aliphatic carbocycles. The van der Waals surface area contributed by atoms with Crippen LogP contribution in [0.4, 0.5) is 13.2 Å². The topological polar surface area (TPSA) is 0 Å². The molecule has 0 saturated heterocycles. The molecule has 1 aromatic heterocycles. The van der Waals surface area contributed by atoms with E-state index in [0.29, 0.717) is 0 Å². The Morgan fingerprint density at radius 1 is 1.27 bits per heavy atom. The first-order valence-corrected chi connectivity index (χ1v) is 5.81. The van der Waals surface area contributed by atoms with Gasteiger partial charge in [-0.15, -0.1) is 11.3 Å². The van der Waals surface area contributed by atoms with Gasteiger partial charge in [0.05, 0.1) is 0 Å². The highest BCUT2D eigenvalue weighted by Gasteiger charge is 2.34. The Hall–Kier alpha value is -0.510. The van der Waals surface area contributed by atoms with Crippen LogP contribution in [0.25, 0.3) is 0 Å². The van der Waals surface area contributed by atoms with Crippen molar-refractivity contribution in [1.82, 2.24) is 0 Å². The Balaban J connectivity index is 2.94. The summed E-state index contributed by atoms with van der Waals surface area (Å²) in [4.78, 5) is -0.498. The van der Waals surface area contributed by atoms with Crippen LogP contribution >= 0.6 is 11.3 Å². The standard InChI is InChI=1S/C11H15F3S/c1-4-5-10(2,3)8-6-9(15-7-8)11(12,13)14/h6-7H,4-5H2,1-3H3. The summed E-state index contributed by atoms with van der Waals surface area (Å²) in [5.41, 5.74) is 0.635. The van der Waals surface area contributed by atoms with E-state index < -0.39 is 11.1 Å². The van der Waals surface area contributed by atoms with Crippen molar-refractivity contribution in [2.24, 2.45) is 0 Å². The zero-order chi connectivity index (χ0) is 11.7. The summed E-state index contributed by atoms with van der Waals surface area (Å²) < 4.78 is 37.2. The molecule has 0 N–H and O–H groups in total. The maximum absolute atomic E-state index is 12.4. The highest BCUT2D eigenvalue weighted by atomic mass is 32.1. The summed E-state index contributed by atoms with van der Waals surface area (Å²) in [7, 11) is 0. The Labute approximate surface area is 92.1 Å². The highest BCUT2D eigenvalue weighted by Crippen LogP contribution is 2.38. The van der Waals surface area contributed by atoms with Crippen LogP contribution in [-0.4, -0.2) is 0 Å². The second-order valence-corrected chi connectivity index (χ2v) is 5.24. The van der Waals surface area contributed by atoms with Gasteiger partial charge in [0.1, 0.15) is 4.88 Å². The van der Waals surface area contributed by atoms with Gasteiger partial charge in [0.2, 0.25) is 0 Å². The van der Waals surface area contributed by atoms with Gasteiger partial charge in [0.25, 0.3) is 0 Å². The molecule has 0 nitrogen and oxygen atoms in total. The Kier molecular flexibility index (Phi) is 3.48. The third kappa shape index (κ3) is 2.97. The van der Waals surface area contributed by atoms with Crippen molar-refractivity contribution in [3.05, 3.63) is 21.9 Å². The van der Waals surface area contributed by atoms with Gasteiger partial charge in [-0.2, -0.15) is 13.2 Å². The zero-order valence-corrected chi connectivity index (χ0v) is 9.93. The lowest BCUT2D eigenvalue weighted by Crippen LogP contribution is -2.15. The van der Waals surface area contributed by atoms with Crippen molar-refractivity contribution in [2.45, 2.75) is 45.2 Å². The molecule has 0 amide bonds. The average Bonchev–Trinajstić information content (AvgIpc) is 2.50. The van der Waals surface area contributed by atoms with Crippen molar-refractivity contribution in [2.75, 3.05) is 0 Å². The van der Waals surface area contributed by atoms with Crippen LogP contribution in [0.1, 0.15) is 44.1 Å². The molecule has 4 heteroatoms. The largest absolute Gasteiger partial charge is 0.425 e. The van der Waals surface area contributed by atoms with Crippen LogP contribution in [0, 0.1) is 0 Å². The minimum Gasteiger partial charge on any atom is -0.165 e. The molecule has 0 fully saturated rings. The van der Waals surface area contributed by atoms with E-state index in [1.807, 2.05) is 20.8 Å². The molecule has 0 saturated carbocycles. The van der Waals surface area contributed by atoms with Crippen molar-refractivity contribution in [1.29, 1.82) is 0 Å². The van der Waals surface area contributed by atoms with E-state index in [1.54, 1.807) is 5.38 Å². The quantitative estimate of drug-likeness (QED) is 0.704. The number of hydrogen-bond donors (Lipinski definition) is 0. The summed E-state index contributed by atoms with van der Waals surface area (Å²) in [6.07, 6.45) is -2.32. The van der Waals surface area contributed by atoms with Gasteiger partial charge in [-0.1, -0.05) is 27.2 Å². The van der Waals surface area contributed by atoms with Crippen LogP contribution < -0.4 is 0 Å². The second-order valence-electron chi connectivity index (χ2n) is 4.33. The van der Waals surface area contributed by atoms with E-state index in [9.17, 15) is 13.2 Å². The number of thiophene rings is 1. The first kappa shape index (κ1) is 12.6. The minimum atomic E-state index is -4.20. The summed E-state index contributed by atoms with van der Waals surface area (Å²) >= 11 is 0.784. The first-order valence-electron chi connectivity index (χ1n) is 4.93. The molecule has 1 rings (SSSR count). The van der Waals surface area contributed by atoms with Gasteiger partial charge in [-0.05, 0) is 28.8 Å². The maximum Gasteiger partial charge on any atom is 0.425 e. The summed E-state index contributed by atoms with van der Waals surface area (Å²) in [6, 6.07) is 1.28. The molecular weight excluding hydrogens is 221 g/mol. The molecule has 1 heterocycles. The third-order valence-corrected chi connectivity index (χ3v) is 3.51. The monoisotopic (exact) mass is 236 g/mol. The third-order valence-electron chi connectivity index (χ3n) is 2.54. The lowest BCUT2D eigenvalue weighted by molar-refractivity contribution is -0.134. The molecule has 0 unspecified atom stereocenters. The zero-order valence-electron chi connectivity index (χ0n) is 9.11. The lowest BCUT2D eigenvalue weighted by Gasteiger charge is -2.22. The molecular formula is C11H15F3S. The normalized spacial score (nSPS) is 13.2. The van der Waals surface area contributed by atoms with Gasteiger partial charge in [0.15, 0.2) is 0 Å². The Morgan fingerprint density at radius 2 is 1.87 bits per heavy atom. The molecule has 86 valence electrons. The number of halogens is 3. The SMILES string of the molecule is CCCC(C)(C)c1csc(C(F)(F)F)c1. The van der Waals surface area contributed by atoms with E-state index in [4.69, 9.17) is 0 Å². The van der Waals surface area contributed by atoms with Crippen LogP contribution in [0.15, 0.2) is 11.4 Å². The van der Waals surface area contributed by atoms with Crippen molar-refractivity contribution in [3.8, 4) is 0 Å². The van der Waals surface area contributed by atoms with E-state index in [-0.39, 0.29) is 5.41 Å². The summed E-state index contributed by atoms with van der Waals surface area (Å²) in [5, 5.41) is 1.62.